The lowest BCUT2D eigenvalue weighted by Crippen LogP contribution is -2.36. The van der Waals surface area contributed by atoms with Gasteiger partial charge in [0.15, 0.2) is 0 Å². The highest BCUT2D eigenvalue weighted by molar-refractivity contribution is 4.84. The van der Waals surface area contributed by atoms with Crippen molar-refractivity contribution in [3.8, 4) is 0 Å². The second-order valence-corrected chi connectivity index (χ2v) is 4.99. The van der Waals surface area contributed by atoms with E-state index in [4.69, 9.17) is 5.73 Å². The first-order chi connectivity index (χ1) is 6.21. The van der Waals surface area contributed by atoms with Crippen molar-refractivity contribution in [2.24, 2.45) is 17.1 Å². The fraction of sp³-hybridized carbons (Fsp3) is 1.00. The highest BCUT2D eigenvalue weighted by Gasteiger charge is 2.31. The summed E-state index contributed by atoms with van der Waals surface area (Å²) < 4.78 is 0. The van der Waals surface area contributed by atoms with Crippen molar-refractivity contribution < 1.29 is 0 Å². The highest BCUT2D eigenvalue weighted by atomic mass is 14.6. The van der Waals surface area contributed by atoms with Crippen molar-refractivity contribution in [2.45, 2.75) is 58.8 Å². The molecule has 0 aliphatic heterocycles. The lowest BCUT2D eigenvalue weighted by Gasteiger charge is -2.38. The van der Waals surface area contributed by atoms with Gasteiger partial charge in [0.25, 0.3) is 0 Å². The lowest BCUT2D eigenvalue weighted by atomic mass is 9.69. The predicted molar refractivity (Wildman–Crippen MR) is 58.6 cm³/mol. The molecule has 1 fully saturated rings. The first kappa shape index (κ1) is 11.0. The van der Waals surface area contributed by atoms with Crippen LogP contribution in [0, 0.1) is 11.3 Å². The molecule has 1 nitrogen and oxygen atoms in total. The van der Waals surface area contributed by atoms with Crippen LogP contribution in [-0.4, -0.2) is 6.54 Å². The monoisotopic (exact) mass is 183 g/mol. The molecule has 0 radical (unpaired) electrons. The molecular weight excluding hydrogens is 158 g/mol. The molecule has 0 bridgehead atoms. The van der Waals surface area contributed by atoms with E-state index in [0.29, 0.717) is 5.41 Å². The molecule has 1 saturated carbocycles. The topological polar surface area (TPSA) is 26.0 Å². The third kappa shape index (κ3) is 2.70. The van der Waals surface area contributed by atoms with Crippen molar-refractivity contribution in [1.29, 1.82) is 0 Å². The Morgan fingerprint density at radius 2 is 1.46 bits per heavy atom. The van der Waals surface area contributed by atoms with Crippen LogP contribution in [0.5, 0.6) is 0 Å². The minimum absolute atomic E-state index is 0.473. The van der Waals surface area contributed by atoms with E-state index in [1.807, 2.05) is 0 Å². The van der Waals surface area contributed by atoms with Crippen molar-refractivity contribution >= 4 is 0 Å². The van der Waals surface area contributed by atoms with Gasteiger partial charge in [-0.15, -0.1) is 0 Å². The van der Waals surface area contributed by atoms with Crippen molar-refractivity contribution in [3.05, 3.63) is 0 Å². The van der Waals surface area contributed by atoms with Gasteiger partial charge >= 0.3 is 0 Å². The summed E-state index contributed by atoms with van der Waals surface area (Å²) >= 11 is 0. The smallest absolute Gasteiger partial charge is 0.00181 e. The Kier molecular flexibility index (Phi) is 4.24. The Hall–Kier alpha value is -0.0400. The van der Waals surface area contributed by atoms with E-state index >= 15 is 0 Å². The van der Waals surface area contributed by atoms with Gasteiger partial charge in [-0.1, -0.05) is 46.0 Å². The van der Waals surface area contributed by atoms with Crippen LogP contribution in [0.3, 0.4) is 0 Å². The normalized spacial score (nSPS) is 24.0. The van der Waals surface area contributed by atoms with E-state index in [-0.39, 0.29) is 0 Å². The maximum Gasteiger partial charge on any atom is -0.00181 e. The van der Waals surface area contributed by atoms with Crippen LogP contribution in [0.4, 0.5) is 0 Å². The minimum Gasteiger partial charge on any atom is -0.330 e. The van der Waals surface area contributed by atoms with Crippen LogP contribution in [0.1, 0.15) is 58.8 Å². The highest BCUT2D eigenvalue weighted by Crippen LogP contribution is 2.39. The van der Waals surface area contributed by atoms with Gasteiger partial charge in [-0.2, -0.15) is 0 Å². The molecule has 0 unspecified atom stereocenters. The summed E-state index contributed by atoms with van der Waals surface area (Å²) in [4.78, 5) is 0. The van der Waals surface area contributed by atoms with Gasteiger partial charge in [0, 0.05) is 0 Å². The molecule has 0 aromatic heterocycles. The molecule has 0 atom stereocenters. The summed E-state index contributed by atoms with van der Waals surface area (Å²) in [6, 6.07) is 0. The quantitative estimate of drug-likeness (QED) is 0.698. The first-order valence-corrected chi connectivity index (χ1v) is 5.91. The molecule has 78 valence electrons. The van der Waals surface area contributed by atoms with Gasteiger partial charge in [0.05, 0.1) is 0 Å². The third-order valence-corrected chi connectivity index (χ3v) is 3.98. The summed E-state index contributed by atoms with van der Waals surface area (Å²) in [6.45, 7) is 5.58. The van der Waals surface area contributed by atoms with Gasteiger partial charge in [-0.05, 0) is 30.7 Å². The second-order valence-electron chi connectivity index (χ2n) is 4.99. The van der Waals surface area contributed by atoms with E-state index in [0.717, 1.165) is 12.5 Å². The van der Waals surface area contributed by atoms with Crippen molar-refractivity contribution in [1.82, 2.24) is 0 Å². The lowest BCUT2D eigenvalue weighted by molar-refractivity contribution is 0.144. The van der Waals surface area contributed by atoms with Gasteiger partial charge in [0.1, 0.15) is 0 Å². The summed E-state index contributed by atoms with van der Waals surface area (Å²) in [5, 5.41) is 0. The Morgan fingerprint density at radius 3 is 1.85 bits per heavy atom. The van der Waals surface area contributed by atoms with E-state index in [1.165, 1.54) is 44.9 Å². The van der Waals surface area contributed by atoms with E-state index in [1.54, 1.807) is 0 Å². The fourth-order valence-electron chi connectivity index (χ4n) is 2.63. The molecule has 13 heavy (non-hydrogen) atoms. The van der Waals surface area contributed by atoms with Crippen molar-refractivity contribution in [2.75, 3.05) is 6.54 Å². The number of hydrogen-bond acceptors (Lipinski definition) is 1. The third-order valence-electron chi connectivity index (χ3n) is 3.98. The molecule has 0 amide bonds. The Labute approximate surface area is 83.1 Å². The molecule has 1 rings (SSSR count). The average molecular weight is 183 g/mol. The van der Waals surface area contributed by atoms with E-state index < -0.39 is 0 Å². The van der Waals surface area contributed by atoms with Crippen molar-refractivity contribution in [3.63, 3.8) is 0 Å². The summed E-state index contributed by atoms with van der Waals surface area (Å²) in [6.07, 6.45) is 9.81. The largest absolute Gasteiger partial charge is 0.330 e. The molecule has 0 saturated heterocycles. The zero-order valence-electron chi connectivity index (χ0n) is 9.31. The summed E-state index contributed by atoms with van der Waals surface area (Å²) in [5.74, 6) is 0.760. The Bertz CT molecular complexity index is 132. The molecule has 1 heteroatoms. The van der Waals surface area contributed by atoms with Gasteiger partial charge in [0.2, 0.25) is 0 Å². The molecular formula is C12H25N. The Balaban J connectivity index is 2.58. The molecule has 1 aliphatic carbocycles. The molecule has 0 aromatic rings. The van der Waals surface area contributed by atoms with Crippen LogP contribution in [-0.2, 0) is 0 Å². The molecule has 1 aliphatic rings. The first-order valence-electron chi connectivity index (χ1n) is 5.91. The van der Waals surface area contributed by atoms with Crippen LogP contribution in [0.2, 0.25) is 0 Å². The maximum absolute atomic E-state index is 5.96. The van der Waals surface area contributed by atoms with Gasteiger partial charge in [-0.3, -0.25) is 0 Å². The van der Waals surface area contributed by atoms with Crippen LogP contribution in [0.25, 0.3) is 0 Å². The number of rotatable bonds is 2. The molecule has 2 N–H and O–H groups in total. The average Bonchev–Trinajstić information content (AvgIpc) is 2.04. The van der Waals surface area contributed by atoms with E-state index in [9.17, 15) is 0 Å². The SMILES string of the molecule is CC(C)C1(CN)CCCCCCC1. The maximum atomic E-state index is 5.96. The number of nitrogens with two attached hydrogens (primary N) is 1. The van der Waals surface area contributed by atoms with E-state index in [2.05, 4.69) is 13.8 Å². The second kappa shape index (κ2) is 4.99. The zero-order chi connectivity index (χ0) is 9.73. The predicted octanol–water partition coefficient (Wildman–Crippen LogP) is 3.33. The molecule has 0 aromatic carbocycles. The van der Waals surface area contributed by atoms with Gasteiger partial charge < -0.3 is 5.73 Å². The minimum atomic E-state index is 0.473. The molecule has 0 heterocycles. The van der Waals surface area contributed by atoms with Crippen LogP contribution >= 0.6 is 0 Å². The molecule has 0 spiro atoms. The zero-order valence-corrected chi connectivity index (χ0v) is 9.31. The summed E-state index contributed by atoms with van der Waals surface area (Å²) in [7, 11) is 0. The van der Waals surface area contributed by atoms with Gasteiger partial charge in [-0.25, -0.2) is 0 Å². The fourth-order valence-corrected chi connectivity index (χ4v) is 2.63. The number of hydrogen-bond donors (Lipinski definition) is 1. The van der Waals surface area contributed by atoms with Crippen LogP contribution in [0.15, 0.2) is 0 Å². The Morgan fingerprint density at radius 1 is 1.00 bits per heavy atom. The standard InChI is InChI=1S/C12H25N/c1-11(2)12(10-13)8-6-4-3-5-7-9-12/h11H,3-10,13H2,1-2H3. The van der Waals surface area contributed by atoms with Crippen LogP contribution < -0.4 is 5.73 Å². The summed E-state index contributed by atoms with van der Waals surface area (Å²) in [5.41, 5.74) is 6.43.